The SMILES string of the molecule is CCCC1(c2cccc(OC(C)=O)c2)CCCCN(C)C1. The van der Waals surface area contributed by atoms with Crippen LogP contribution >= 0.6 is 0 Å². The molecule has 1 fully saturated rings. The van der Waals surface area contributed by atoms with Gasteiger partial charge >= 0.3 is 5.97 Å². The van der Waals surface area contributed by atoms with Gasteiger partial charge in [0.25, 0.3) is 0 Å². The maximum atomic E-state index is 11.2. The van der Waals surface area contributed by atoms with E-state index in [1.54, 1.807) is 0 Å². The number of benzene rings is 1. The van der Waals surface area contributed by atoms with Crippen molar-refractivity contribution in [3.63, 3.8) is 0 Å². The zero-order valence-electron chi connectivity index (χ0n) is 13.5. The summed E-state index contributed by atoms with van der Waals surface area (Å²) in [5, 5.41) is 0. The lowest BCUT2D eigenvalue weighted by Gasteiger charge is -2.36. The van der Waals surface area contributed by atoms with Crippen molar-refractivity contribution in [2.45, 2.75) is 51.4 Å². The molecule has 1 atom stereocenters. The van der Waals surface area contributed by atoms with E-state index in [-0.39, 0.29) is 11.4 Å². The molecule has 21 heavy (non-hydrogen) atoms. The number of likely N-dealkylation sites (N-methyl/N-ethyl adjacent to an activating group) is 1. The number of hydrogen-bond acceptors (Lipinski definition) is 3. The van der Waals surface area contributed by atoms with E-state index in [4.69, 9.17) is 4.74 Å². The average Bonchev–Trinajstić information content (AvgIpc) is 2.61. The van der Waals surface area contributed by atoms with Gasteiger partial charge < -0.3 is 9.64 Å². The Morgan fingerprint density at radius 1 is 1.38 bits per heavy atom. The van der Waals surface area contributed by atoms with E-state index in [9.17, 15) is 4.79 Å². The van der Waals surface area contributed by atoms with Gasteiger partial charge in [0.05, 0.1) is 0 Å². The number of nitrogens with zero attached hydrogens (tertiary/aromatic N) is 1. The van der Waals surface area contributed by atoms with Crippen LogP contribution in [0.1, 0.15) is 51.5 Å². The Balaban J connectivity index is 2.34. The average molecular weight is 289 g/mol. The van der Waals surface area contributed by atoms with Crippen molar-refractivity contribution in [2.75, 3.05) is 20.1 Å². The number of rotatable bonds is 4. The Hall–Kier alpha value is -1.35. The van der Waals surface area contributed by atoms with Crippen LogP contribution in [-0.4, -0.2) is 31.0 Å². The van der Waals surface area contributed by atoms with Crippen molar-refractivity contribution in [1.29, 1.82) is 0 Å². The van der Waals surface area contributed by atoms with E-state index in [0.717, 1.165) is 6.54 Å². The highest BCUT2D eigenvalue weighted by molar-refractivity contribution is 5.69. The second-order valence-corrected chi connectivity index (χ2v) is 6.35. The normalized spacial score (nSPS) is 23.6. The fourth-order valence-corrected chi connectivity index (χ4v) is 3.64. The van der Waals surface area contributed by atoms with Gasteiger partial charge in [-0.1, -0.05) is 31.9 Å². The molecule has 116 valence electrons. The molecule has 1 aliphatic rings. The third kappa shape index (κ3) is 4.07. The number of esters is 1. The van der Waals surface area contributed by atoms with E-state index in [1.165, 1.54) is 51.1 Å². The molecule has 0 bridgehead atoms. The molecule has 3 heteroatoms. The highest BCUT2D eigenvalue weighted by Gasteiger charge is 2.34. The highest BCUT2D eigenvalue weighted by atomic mass is 16.5. The summed E-state index contributed by atoms with van der Waals surface area (Å²) >= 11 is 0. The molecule has 1 aromatic carbocycles. The Bertz CT molecular complexity index is 486. The van der Waals surface area contributed by atoms with Gasteiger partial charge in [0.1, 0.15) is 5.75 Å². The van der Waals surface area contributed by atoms with Gasteiger partial charge in [0.15, 0.2) is 0 Å². The van der Waals surface area contributed by atoms with Gasteiger partial charge in [-0.3, -0.25) is 4.79 Å². The summed E-state index contributed by atoms with van der Waals surface area (Å²) in [5.74, 6) is 0.414. The molecule has 1 aromatic rings. The molecule has 1 unspecified atom stereocenters. The Morgan fingerprint density at radius 2 is 2.19 bits per heavy atom. The minimum atomic E-state index is -0.255. The van der Waals surface area contributed by atoms with Crippen molar-refractivity contribution < 1.29 is 9.53 Å². The predicted molar refractivity (Wildman–Crippen MR) is 85.7 cm³/mol. The first-order chi connectivity index (χ1) is 10.1. The summed E-state index contributed by atoms with van der Waals surface area (Å²) in [6.07, 6.45) is 6.11. The van der Waals surface area contributed by atoms with Crippen molar-refractivity contribution in [2.24, 2.45) is 0 Å². The maximum Gasteiger partial charge on any atom is 0.308 e. The summed E-state index contributed by atoms with van der Waals surface area (Å²) < 4.78 is 5.27. The molecular formula is C18H27NO2. The van der Waals surface area contributed by atoms with E-state index in [1.807, 2.05) is 12.1 Å². The summed E-state index contributed by atoms with van der Waals surface area (Å²) in [6.45, 7) is 5.97. The molecule has 0 spiro atoms. The molecule has 2 rings (SSSR count). The standard InChI is InChI=1S/C18H27NO2/c1-4-10-18(11-5-6-12-19(3)14-18)16-8-7-9-17(13-16)21-15(2)20/h7-9,13H,4-6,10-12,14H2,1-3H3. The lowest BCUT2D eigenvalue weighted by Crippen LogP contribution is -2.37. The number of likely N-dealkylation sites (tertiary alicyclic amines) is 1. The second-order valence-electron chi connectivity index (χ2n) is 6.35. The molecule has 1 heterocycles. The second kappa shape index (κ2) is 7.08. The van der Waals surface area contributed by atoms with Crippen molar-refractivity contribution in [1.82, 2.24) is 4.90 Å². The lowest BCUT2D eigenvalue weighted by molar-refractivity contribution is -0.131. The summed E-state index contributed by atoms with van der Waals surface area (Å²) in [5.41, 5.74) is 1.51. The van der Waals surface area contributed by atoms with E-state index >= 15 is 0 Å². The van der Waals surface area contributed by atoms with Gasteiger partial charge in [0.2, 0.25) is 0 Å². The largest absolute Gasteiger partial charge is 0.427 e. The first-order valence-electron chi connectivity index (χ1n) is 8.03. The topological polar surface area (TPSA) is 29.5 Å². The monoisotopic (exact) mass is 289 g/mol. The highest BCUT2D eigenvalue weighted by Crippen LogP contribution is 2.38. The minimum absolute atomic E-state index is 0.191. The van der Waals surface area contributed by atoms with Crippen LogP contribution in [-0.2, 0) is 10.2 Å². The van der Waals surface area contributed by atoms with E-state index in [2.05, 4.69) is 31.0 Å². The van der Waals surface area contributed by atoms with Crippen LogP contribution in [0.15, 0.2) is 24.3 Å². The Morgan fingerprint density at radius 3 is 2.90 bits per heavy atom. The molecule has 0 saturated carbocycles. The van der Waals surface area contributed by atoms with Crippen molar-refractivity contribution in [3.05, 3.63) is 29.8 Å². The van der Waals surface area contributed by atoms with E-state index < -0.39 is 0 Å². The fourth-order valence-electron chi connectivity index (χ4n) is 3.64. The zero-order valence-corrected chi connectivity index (χ0v) is 13.5. The maximum absolute atomic E-state index is 11.2. The molecule has 3 nitrogen and oxygen atoms in total. The smallest absolute Gasteiger partial charge is 0.308 e. The lowest BCUT2D eigenvalue weighted by atomic mass is 9.73. The summed E-state index contributed by atoms with van der Waals surface area (Å²) in [4.78, 5) is 13.6. The molecule has 0 aromatic heterocycles. The molecule has 0 amide bonds. The number of carbonyl (C=O) groups excluding carboxylic acids is 1. The third-order valence-corrected chi connectivity index (χ3v) is 4.45. The molecular weight excluding hydrogens is 262 g/mol. The number of hydrogen-bond donors (Lipinski definition) is 0. The van der Waals surface area contributed by atoms with E-state index in [0.29, 0.717) is 5.75 Å². The number of ether oxygens (including phenoxy) is 1. The van der Waals surface area contributed by atoms with Crippen LogP contribution in [0.25, 0.3) is 0 Å². The molecule has 1 saturated heterocycles. The van der Waals surface area contributed by atoms with Crippen LogP contribution in [0.4, 0.5) is 0 Å². The van der Waals surface area contributed by atoms with Gasteiger partial charge in [-0.05, 0) is 50.6 Å². The Labute approximate surface area is 128 Å². The fraction of sp³-hybridized carbons (Fsp3) is 0.611. The zero-order chi connectivity index (χ0) is 15.3. The van der Waals surface area contributed by atoms with Gasteiger partial charge in [0, 0.05) is 18.9 Å². The van der Waals surface area contributed by atoms with Gasteiger partial charge in [-0.2, -0.15) is 0 Å². The molecule has 0 aliphatic carbocycles. The Kier molecular flexibility index (Phi) is 5.40. The predicted octanol–water partition coefficient (Wildman–Crippen LogP) is 3.77. The first kappa shape index (κ1) is 16.0. The van der Waals surface area contributed by atoms with Crippen LogP contribution in [0.2, 0.25) is 0 Å². The van der Waals surface area contributed by atoms with Gasteiger partial charge in [-0.25, -0.2) is 0 Å². The first-order valence-corrected chi connectivity index (χ1v) is 8.03. The molecule has 1 aliphatic heterocycles. The van der Waals surface area contributed by atoms with Crippen LogP contribution in [0, 0.1) is 0 Å². The molecule has 0 radical (unpaired) electrons. The third-order valence-electron chi connectivity index (χ3n) is 4.45. The molecule has 0 N–H and O–H groups in total. The van der Waals surface area contributed by atoms with Crippen molar-refractivity contribution >= 4 is 5.97 Å². The van der Waals surface area contributed by atoms with Crippen LogP contribution in [0.3, 0.4) is 0 Å². The van der Waals surface area contributed by atoms with Crippen molar-refractivity contribution in [3.8, 4) is 5.75 Å². The quantitative estimate of drug-likeness (QED) is 0.624. The summed E-state index contributed by atoms with van der Waals surface area (Å²) in [6, 6.07) is 8.14. The number of carbonyl (C=O) groups is 1. The van der Waals surface area contributed by atoms with Crippen LogP contribution in [0.5, 0.6) is 5.75 Å². The van der Waals surface area contributed by atoms with Crippen LogP contribution < -0.4 is 4.74 Å². The summed E-state index contributed by atoms with van der Waals surface area (Å²) in [7, 11) is 2.21. The minimum Gasteiger partial charge on any atom is -0.427 e. The van der Waals surface area contributed by atoms with Gasteiger partial charge in [-0.15, -0.1) is 0 Å².